The number of carbonyl (C=O) groups is 1. The van der Waals surface area contributed by atoms with E-state index < -0.39 is 0 Å². The van der Waals surface area contributed by atoms with Gasteiger partial charge in [0.15, 0.2) is 0 Å². The summed E-state index contributed by atoms with van der Waals surface area (Å²) < 4.78 is 11.3. The second-order valence-electron chi connectivity index (χ2n) is 6.48. The molecule has 0 atom stereocenters. The van der Waals surface area contributed by atoms with Crippen LogP contribution in [0.15, 0.2) is 22.6 Å². The zero-order valence-corrected chi connectivity index (χ0v) is 16.2. The van der Waals surface area contributed by atoms with Gasteiger partial charge in [0.25, 0.3) is 0 Å². The molecule has 0 radical (unpaired) electrons. The van der Waals surface area contributed by atoms with Crippen LogP contribution >= 0.6 is 0 Å². The lowest BCUT2D eigenvalue weighted by atomic mass is 10.0. The molecule has 2 aromatic rings. The fraction of sp³-hybridized carbons (Fsp3) is 0.476. The van der Waals surface area contributed by atoms with Crippen molar-refractivity contribution in [3.05, 3.63) is 35.1 Å². The number of methoxy groups -OCH3 is 1. The Balaban J connectivity index is 2.44. The summed E-state index contributed by atoms with van der Waals surface area (Å²) in [5, 5.41) is 1.06. The van der Waals surface area contributed by atoms with Crippen LogP contribution in [0, 0.1) is 13.8 Å². The Kier molecular flexibility index (Phi) is 6.29. The first kappa shape index (κ1) is 19.1. The lowest BCUT2D eigenvalue weighted by molar-refractivity contribution is -0.126. The van der Waals surface area contributed by atoms with Gasteiger partial charge in [-0.15, -0.1) is 0 Å². The van der Waals surface area contributed by atoms with E-state index in [0.29, 0.717) is 0 Å². The molecule has 2 rings (SSSR count). The van der Waals surface area contributed by atoms with Gasteiger partial charge in [-0.2, -0.15) is 0 Å². The third-order valence-corrected chi connectivity index (χ3v) is 4.56. The number of fused-ring (bicyclic) bond motifs is 1. The van der Waals surface area contributed by atoms with Crippen LogP contribution in [0.5, 0.6) is 5.75 Å². The predicted molar refractivity (Wildman–Crippen MR) is 103 cm³/mol. The van der Waals surface area contributed by atoms with E-state index in [2.05, 4.69) is 19.9 Å². The van der Waals surface area contributed by atoms with Gasteiger partial charge in [0.2, 0.25) is 5.91 Å². The highest BCUT2D eigenvalue weighted by molar-refractivity contribution is 5.97. The molecule has 0 saturated heterocycles. The molecule has 4 heteroatoms. The minimum Gasteiger partial charge on any atom is -0.496 e. The summed E-state index contributed by atoms with van der Waals surface area (Å²) in [5.74, 6) is 1.69. The van der Waals surface area contributed by atoms with Gasteiger partial charge in [-0.3, -0.25) is 4.79 Å². The van der Waals surface area contributed by atoms with Crippen LogP contribution in [0.1, 0.15) is 50.5 Å². The molecule has 1 amide bonds. The largest absolute Gasteiger partial charge is 0.496 e. The van der Waals surface area contributed by atoms with Crippen LogP contribution in [0.2, 0.25) is 0 Å². The second-order valence-corrected chi connectivity index (χ2v) is 6.48. The number of allylic oxidation sites excluding steroid dienone is 1. The van der Waals surface area contributed by atoms with Crippen LogP contribution in [-0.2, 0) is 4.79 Å². The van der Waals surface area contributed by atoms with E-state index in [1.54, 1.807) is 13.2 Å². The lowest BCUT2D eigenvalue weighted by Gasteiger charge is -2.20. The average Bonchev–Trinajstić information content (AvgIpc) is 2.87. The quantitative estimate of drug-likeness (QED) is 0.656. The van der Waals surface area contributed by atoms with E-state index in [9.17, 15) is 4.79 Å². The highest BCUT2D eigenvalue weighted by atomic mass is 16.5. The van der Waals surface area contributed by atoms with Gasteiger partial charge in [0, 0.05) is 36.2 Å². The van der Waals surface area contributed by atoms with Crippen LogP contribution in [0.25, 0.3) is 16.5 Å². The van der Waals surface area contributed by atoms with Gasteiger partial charge in [0.1, 0.15) is 17.1 Å². The maximum atomic E-state index is 12.6. The topological polar surface area (TPSA) is 42.7 Å². The van der Waals surface area contributed by atoms with Crippen molar-refractivity contribution in [3.8, 4) is 5.75 Å². The molecule has 0 aliphatic rings. The minimum atomic E-state index is 0.0587. The van der Waals surface area contributed by atoms with E-state index in [4.69, 9.17) is 9.15 Å². The summed E-state index contributed by atoms with van der Waals surface area (Å²) >= 11 is 0. The van der Waals surface area contributed by atoms with E-state index >= 15 is 0 Å². The smallest absolute Gasteiger partial charge is 0.246 e. The molecule has 0 fully saturated rings. The molecule has 25 heavy (non-hydrogen) atoms. The number of amides is 1. The van der Waals surface area contributed by atoms with Crippen molar-refractivity contribution in [2.75, 3.05) is 20.2 Å². The van der Waals surface area contributed by atoms with E-state index in [-0.39, 0.29) is 5.91 Å². The Bertz CT molecular complexity index is 780. The van der Waals surface area contributed by atoms with Crippen molar-refractivity contribution < 1.29 is 13.9 Å². The molecule has 0 unspecified atom stereocenters. The third-order valence-electron chi connectivity index (χ3n) is 4.56. The minimum absolute atomic E-state index is 0.0587. The Hall–Kier alpha value is -2.23. The van der Waals surface area contributed by atoms with Crippen LogP contribution in [0.3, 0.4) is 0 Å². The highest BCUT2D eigenvalue weighted by Gasteiger charge is 2.15. The first-order chi connectivity index (χ1) is 11.9. The lowest BCUT2D eigenvalue weighted by Crippen LogP contribution is -2.31. The second kappa shape index (κ2) is 8.24. The molecule has 0 bridgehead atoms. The van der Waals surface area contributed by atoms with Gasteiger partial charge in [-0.1, -0.05) is 13.8 Å². The van der Waals surface area contributed by atoms with Gasteiger partial charge in [-0.05, 0) is 50.8 Å². The summed E-state index contributed by atoms with van der Waals surface area (Å²) in [5.41, 5.74) is 3.77. The van der Waals surface area contributed by atoms with E-state index in [1.807, 2.05) is 31.7 Å². The van der Waals surface area contributed by atoms with E-state index in [0.717, 1.165) is 65.1 Å². The van der Waals surface area contributed by atoms with Gasteiger partial charge in [0.05, 0.1) is 7.11 Å². The van der Waals surface area contributed by atoms with Crippen molar-refractivity contribution in [2.45, 2.75) is 47.5 Å². The average molecular weight is 343 g/mol. The molecule has 0 saturated carbocycles. The summed E-state index contributed by atoms with van der Waals surface area (Å²) in [6, 6.07) is 3.96. The fourth-order valence-corrected chi connectivity index (χ4v) is 3.07. The first-order valence-electron chi connectivity index (χ1n) is 8.98. The number of furan rings is 1. The van der Waals surface area contributed by atoms with Crippen LogP contribution < -0.4 is 4.74 Å². The van der Waals surface area contributed by atoms with Crippen LogP contribution in [-0.4, -0.2) is 31.0 Å². The zero-order valence-electron chi connectivity index (χ0n) is 16.2. The van der Waals surface area contributed by atoms with Crippen molar-refractivity contribution in [1.29, 1.82) is 0 Å². The normalized spacial score (nSPS) is 11.8. The number of hydrogen-bond donors (Lipinski definition) is 0. The van der Waals surface area contributed by atoms with Gasteiger partial charge in [-0.25, -0.2) is 0 Å². The van der Waals surface area contributed by atoms with Crippen LogP contribution in [0.4, 0.5) is 0 Å². The maximum Gasteiger partial charge on any atom is 0.246 e. The number of ether oxygens (including phenoxy) is 1. The molecule has 0 aliphatic carbocycles. The number of hydrogen-bond acceptors (Lipinski definition) is 3. The molecule has 136 valence electrons. The molecule has 0 N–H and O–H groups in total. The van der Waals surface area contributed by atoms with Crippen molar-refractivity contribution in [3.63, 3.8) is 0 Å². The number of nitrogens with zero attached hydrogens (tertiary/aromatic N) is 1. The monoisotopic (exact) mass is 343 g/mol. The van der Waals surface area contributed by atoms with Gasteiger partial charge < -0.3 is 14.1 Å². The maximum absolute atomic E-state index is 12.6. The molecule has 0 spiro atoms. The molecule has 0 aliphatic heterocycles. The van der Waals surface area contributed by atoms with Crippen molar-refractivity contribution >= 4 is 22.4 Å². The molecular formula is C21H29NO3. The predicted octanol–water partition coefficient (Wildman–Crippen LogP) is 5.11. The number of carbonyl (C=O) groups excluding carboxylic acids is 1. The first-order valence-corrected chi connectivity index (χ1v) is 8.98. The Labute approximate surface area is 150 Å². The molecule has 1 aromatic heterocycles. The Morgan fingerprint density at radius 3 is 2.40 bits per heavy atom. The summed E-state index contributed by atoms with van der Waals surface area (Å²) in [7, 11) is 1.64. The molecule has 1 aromatic carbocycles. The molecule has 1 heterocycles. The Morgan fingerprint density at radius 1 is 1.20 bits per heavy atom. The highest BCUT2D eigenvalue weighted by Crippen LogP contribution is 2.34. The van der Waals surface area contributed by atoms with E-state index in [1.165, 1.54) is 0 Å². The third kappa shape index (κ3) is 4.06. The number of benzene rings is 1. The SMILES string of the molecule is CCCN(CCC)C(=O)/C=C(\C)c1cc2c(C)c(C)oc2cc1OC. The zero-order chi connectivity index (χ0) is 18.6. The standard InChI is InChI=1S/C21H29NO3/c1-7-9-22(10-8-2)21(23)11-14(3)17-12-18-15(4)16(5)25-20(18)13-19(17)24-6/h11-13H,7-10H2,1-6H3/b14-11+. The molecular weight excluding hydrogens is 314 g/mol. The Morgan fingerprint density at radius 2 is 1.84 bits per heavy atom. The molecule has 4 nitrogen and oxygen atoms in total. The summed E-state index contributed by atoms with van der Waals surface area (Å²) in [6.45, 7) is 11.7. The summed E-state index contributed by atoms with van der Waals surface area (Å²) in [6.07, 6.45) is 3.64. The fourth-order valence-electron chi connectivity index (χ4n) is 3.07. The summed E-state index contributed by atoms with van der Waals surface area (Å²) in [4.78, 5) is 14.5. The van der Waals surface area contributed by atoms with Crippen molar-refractivity contribution in [1.82, 2.24) is 4.90 Å². The van der Waals surface area contributed by atoms with Crippen molar-refractivity contribution in [2.24, 2.45) is 0 Å². The number of rotatable bonds is 7. The number of aryl methyl sites for hydroxylation is 2. The van der Waals surface area contributed by atoms with Gasteiger partial charge >= 0.3 is 0 Å².